The summed E-state index contributed by atoms with van der Waals surface area (Å²) in [6.07, 6.45) is 4.72. The van der Waals surface area contributed by atoms with Crippen molar-refractivity contribution in [2.24, 2.45) is 0 Å². The van der Waals surface area contributed by atoms with Crippen LogP contribution in [-0.4, -0.2) is 20.6 Å². The number of carbonyl (C=O) groups is 1. The SMILES string of the molecule is CCC(C(=O)O)n1cnc2sc3c(c2c1=O)CCC3. The fraction of sp³-hybridized carbons (Fsp3) is 0.462. The molecule has 0 saturated carbocycles. The topological polar surface area (TPSA) is 72.2 Å². The molecule has 19 heavy (non-hydrogen) atoms. The molecule has 0 spiro atoms. The highest BCUT2D eigenvalue weighted by Gasteiger charge is 2.24. The lowest BCUT2D eigenvalue weighted by atomic mass is 10.2. The lowest BCUT2D eigenvalue weighted by Gasteiger charge is -2.12. The molecule has 0 saturated heterocycles. The number of carboxylic acids is 1. The number of aryl methyl sites for hydroxylation is 2. The van der Waals surface area contributed by atoms with E-state index in [9.17, 15) is 14.7 Å². The number of fused-ring (bicyclic) bond motifs is 3. The first-order chi connectivity index (χ1) is 9.13. The monoisotopic (exact) mass is 278 g/mol. The Morgan fingerprint density at radius 1 is 1.58 bits per heavy atom. The zero-order chi connectivity index (χ0) is 13.6. The van der Waals surface area contributed by atoms with E-state index in [1.165, 1.54) is 15.8 Å². The van der Waals surface area contributed by atoms with E-state index in [1.807, 2.05) is 0 Å². The zero-order valence-electron chi connectivity index (χ0n) is 10.5. The van der Waals surface area contributed by atoms with Gasteiger partial charge in [0.05, 0.1) is 11.7 Å². The molecule has 6 heteroatoms. The molecule has 0 aromatic carbocycles. The van der Waals surface area contributed by atoms with Crippen molar-refractivity contribution in [3.63, 3.8) is 0 Å². The van der Waals surface area contributed by atoms with Crippen molar-refractivity contribution in [3.8, 4) is 0 Å². The van der Waals surface area contributed by atoms with Crippen LogP contribution >= 0.6 is 11.3 Å². The summed E-state index contributed by atoms with van der Waals surface area (Å²) in [5.74, 6) is -0.988. The Kier molecular flexibility index (Phi) is 2.89. The number of hydrogen-bond acceptors (Lipinski definition) is 4. The molecule has 1 unspecified atom stereocenters. The van der Waals surface area contributed by atoms with E-state index in [0.717, 1.165) is 29.7 Å². The van der Waals surface area contributed by atoms with E-state index in [0.29, 0.717) is 11.8 Å². The number of carboxylic acid groups (broad SMARTS) is 1. The minimum atomic E-state index is -0.988. The second kappa shape index (κ2) is 4.45. The van der Waals surface area contributed by atoms with Crippen molar-refractivity contribution in [1.29, 1.82) is 0 Å². The molecule has 1 aliphatic rings. The molecule has 2 aromatic rings. The molecule has 1 aliphatic carbocycles. The Labute approximate surface area is 113 Å². The molecule has 0 fully saturated rings. The van der Waals surface area contributed by atoms with Gasteiger partial charge in [-0.05, 0) is 31.2 Å². The predicted octanol–water partition coefficient (Wildman–Crippen LogP) is 1.98. The standard InChI is InChI=1S/C13H14N2O3S/c1-2-8(13(17)18)15-6-14-11-10(12(15)16)7-4-3-5-9(7)19-11/h6,8H,2-5H2,1H3,(H,17,18). The molecule has 2 heterocycles. The van der Waals surface area contributed by atoms with Crippen molar-refractivity contribution in [2.45, 2.75) is 38.6 Å². The highest BCUT2D eigenvalue weighted by Crippen LogP contribution is 2.34. The van der Waals surface area contributed by atoms with Crippen molar-refractivity contribution in [3.05, 3.63) is 27.1 Å². The molecule has 2 aromatic heterocycles. The maximum absolute atomic E-state index is 12.5. The average Bonchev–Trinajstić information content (AvgIpc) is 2.92. The quantitative estimate of drug-likeness (QED) is 0.931. The summed E-state index contributed by atoms with van der Waals surface area (Å²) in [4.78, 5) is 30.0. The smallest absolute Gasteiger partial charge is 0.326 e. The van der Waals surface area contributed by atoms with Crippen LogP contribution in [0.1, 0.15) is 36.2 Å². The van der Waals surface area contributed by atoms with Gasteiger partial charge in [-0.15, -0.1) is 11.3 Å². The number of nitrogens with zero attached hydrogens (tertiary/aromatic N) is 2. The Hall–Kier alpha value is -1.69. The molecule has 0 radical (unpaired) electrons. The first-order valence-corrected chi connectivity index (χ1v) is 7.19. The Morgan fingerprint density at radius 2 is 2.37 bits per heavy atom. The molecule has 1 atom stereocenters. The number of rotatable bonds is 3. The van der Waals surface area contributed by atoms with Crippen LogP contribution in [-0.2, 0) is 17.6 Å². The van der Waals surface area contributed by atoms with Crippen molar-refractivity contribution in [2.75, 3.05) is 0 Å². The van der Waals surface area contributed by atoms with Gasteiger partial charge in [0.1, 0.15) is 10.9 Å². The van der Waals surface area contributed by atoms with Crippen LogP contribution in [0.5, 0.6) is 0 Å². The second-order valence-corrected chi connectivity index (χ2v) is 5.84. The van der Waals surface area contributed by atoms with Gasteiger partial charge in [0.2, 0.25) is 0 Å². The van der Waals surface area contributed by atoms with E-state index < -0.39 is 12.0 Å². The predicted molar refractivity (Wildman–Crippen MR) is 72.9 cm³/mol. The Balaban J connectivity index is 2.26. The maximum Gasteiger partial charge on any atom is 0.326 e. The lowest BCUT2D eigenvalue weighted by Crippen LogP contribution is -2.29. The van der Waals surface area contributed by atoms with Crippen LogP contribution in [0.2, 0.25) is 0 Å². The number of aliphatic carboxylic acids is 1. The van der Waals surface area contributed by atoms with E-state index >= 15 is 0 Å². The largest absolute Gasteiger partial charge is 0.480 e. The van der Waals surface area contributed by atoms with Crippen molar-refractivity contribution >= 4 is 27.5 Å². The Morgan fingerprint density at radius 3 is 3.05 bits per heavy atom. The van der Waals surface area contributed by atoms with Gasteiger partial charge >= 0.3 is 5.97 Å². The second-order valence-electron chi connectivity index (χ2n) is 4.76. The molecule has 100 valence electrons. The van der Waals surface area contributed by atoms with Gasteiger partial charge in [-0.1, -0.05) is 6.92 Å². The molecular weight excluding hydrogens is 264 g/mol. The van der Waals surface area contributed by atoms with Gasteiger partial charge in [0, 0.05) is 4.88 Å². The zero-order valence-corrected chi connectivity index (χ0v) is 11.4. The van der Waals surface area contributed by atoms with Gasteiger partial charge < -0.3 is 5.11 Å². The van der Waals surface area contributed by atoms with Gasteiger partial charge in [0.25, 0.3) is 5.56 Å². The van der Waals surface area contributed by atoms with E-state index in [2.05, 4.69) is 4.98 Å². The van der Waals surface area contributed by atoms with E-state index in [1.54, 1.807) is 18.3 Å². The summed E-state index contributed by atoms with van der Waals surface area (Å²) in [6.45, 7) is 1.76. The average molecular weight is 278 g/mol. The number of hydrogen-bond donors (Lipinski definition) is 1. The fourth-order valence-electron chi connectivity index (χ4n) is 2.71. The Bertz CT molecular complexity index is 716. The summed E-state index contributed by atoms with van der Waals surface area (Å²) >= 11 is 1.57. The van der Waals surface area contributed by atoms with Crippen molar-refractivity contribution in [1.82, 2.24) is 9.55 Å². The summed E-state index contributed by atoms with van der Waals surface area (Å²) in [5, 5.41) is 9.82. The third kappa shape index (κ3) is 1.78. The van der Waals surface area contributed by atoms with E-state index in [4.69, 9.17) is 0 Å². The fourth-order valence-corrected chi connectivity index (χ4v) is 3.93. The van der Waals surface area contributed by atoms with Crippen LogP contribution in [0, 0.1) is 0 Å². The number of aromatic nitrogens is 2. The van der Waals surface area contributed by atoms with Crippen LogP contribution < -0.4 is 5.56 Å². The maximum atomic E-state index is 12.5. The molecule has 5 nitrogen and oxygen atoms in total. The van der Waals surface area contributed by atoms with Gasteiger partial charge in [0.15, 0.2) is 0 Å². The first kappa shape index (κ1) is 12.3. The molecule has 0 bridgehead atoms. The summed E-state index contributed by atoms with van der Waals surface area (Å²) in [7, 11) is 0. The van der Waals surface area contributed by atoms with Crippen molar-refractivity contribution < 1.29 is 9.90 Å². The summed E-state index contributed by atoms with van der Waals surface area (Å²) in [6, 6.07) is -0.832. The van der Waals surface area contributed by atoms with Crippen LogP contribution in [0.15, 0.2) is 11.1 Å². The summed E-state index contributed by atoms with van der Waals surface area (Å²) in [5.41, 5.74) is 0.880. The molecule has 0 aliphatic heterocycles. The first-order valence-electron chi connectivity index (χ1n) is 6.37. The molecule has 1 N–H and O–H groups in total. The van der Waals surface area contributed by atoms with Crippen LogP contribution in [0.3, 0.4) is 0 Å². The summed E-state index contributed by atoms with van der Waals surface area (Å²) < 4.78 is 1.26. The van der Waals surface area contributed by atoms with Gasteiger partial charge in [-0.3, -0.25) is 9.36 Å². The van der Waals surface area contributed by atoms with Gasteiger partial charge in [-0.25, -0.2) is 9.78 Å². The third-order valence-corrected chi connectivity index (χ3v) is 4.86. The highest BCUT2D eigenvalue weighted by molar-refractivity contribution is 7.18. The highest BCUT2D eigenvalue weighted by atomic mass is 32.1. The van der Waals surface area contributed by atoms with Gasteiger partial charge in [-0.2, -0.15) is 0 Å². The lowest BCUT2D eigenvalue weighted by molar-refractivity contribution is -0.141. The molecule has 0 amide bonds. The van der Waals surface area contributed by atoms with Crippen LogP contribution in [0.4, 0.5) is 0 Å². The molecule has 3 rings (SSSR count). The minimum absolute atomic E-state index is 0.210. The third-order valence-electron chi connectivity index (χ3n) is 3.66. The number of thiophene rings is 1. The normalized spacial score (nSPS) is 15.6. The van der Waals surface area contributed by atoms with E-state index in [-0.39, 0.29) is 5.56 Å². The molecular formula is C13H14N2O3S. The van der Waals surface area contributed by atoms with Crippen LogP contribution in [0.25, 0.3) is 10.2 Å². The minimum Gasteiger partial charge on any atom is -0.480 e.